The van der Waals surface area contributed by atoms with Gasteiger partial charge in [-0.3, -0.25) is 9.80 Å². The van der Waals surface area contributed by atoms with Gasteiger partial charge in [-0.2, -0.15) is 0 Å². The third-order valence-electron chi connectivity index (χ3n) is 4.81. The maximum atomic E-state index is 5.79. The third-order valence-corrected chi connectivity index (χ3v) is 4.81. The molecule has 2 fully saturated rings. The SMILES string of the molecule is CCC(C)N1CCCC(N2CCC(CN)C2)C1. The molecule has 0 aromatic heterocycles. The fourth-order valence-corrected chi connectivity index (χ4v) is 3.33. The van der Waals surface area contributed by atoms with Gasteiger partial charge >= 0.3 is 0 Å². The van der Waals surface area contributed by atoms with Crippen LogP contribution in [0.25, 0.3) is 0 Å². The van der Waals surface area contributed by atoms with E-state index in [1.54, 1.807) is 0 Å². The van der Waals surface area contributed by atoms with Gasteiger partial charge in [-0.05, 0) is 58.2 Å². The molecule has 0 aromatic rings. The van der Waals surface area contributed by atoms with Crippen LogP contribution in [0.1, 0.15) is 39.5 Å². The van der Waals surface area contributed by atoms with Crippen LogP contribution in [0.15, 0.2) is 0 Å². The van der Waals surface area contributed by atoms with E-state index in [2.05, 4.69) is 23.6 Å². The lowest BCUT2D eigenvalue weighted by atomic mass is 10.0. The van der Waals surface area contributed by atoms with Crippen molar-refractivity contribution in [3.63, 3.8) is 0 Å². The Morgan fingerprint density at radius 3 is 2.71 bits per heavy atom. The highest BCUT2D eigenvalue weighted by molar-refractivity contribution is 4.87. The second-order valence-corrected chi connectivity index (χ2v) is 5.93. The molecule has 0 spiro atoms. The van der Waals surface area contributed by atoms with Gasteiger partial charge in [0.1, 0.15) is 0 Å². The maximum absolute atomic E-state index is 5.79. The highest BCUT2D eigenvalue weighted by atomic mass is 15.3. The van der Waals surface area contributed by atoms with Crippen molar-refractivity contribution in [1.29, 1.82) is 0 Å². The Labute approximate surface area is 106 Å². The summed E-state index contributed by atoms with van der Waals surface area (Å²) in [5, 5.41) is 0. The second-order valence-electron chi connectivity index (χ2n) is 5.93. The summed E-state index contributed by atoms with van der Waals surface area (Å²) < 4.78 is 0. The molecule has 3 atom stereocenters. The zero-order chi connectivity index (χ0) is 12.3. The van der Waals surface area contributed by atoms with Crippen molar-refractivity contribution in [2.75, 3.05) is 32.7 Å². The van der Waals surface area contributed by atoms with Crippen LogP contribution >= 0.6 is 0 Å². The first kappa shape index (κ1) is 13.3. The average molecular weight is 239 g/mol. The van der Waals surface area contributed by atoms with E-state index in [0.29, 0.717) is 0 Å². The van der Waals surface area contributed by atoms with Crippen molar-refractivity contribution in [3.05, 3.63) is 0 Å². The van der Waals surface area contributed by atoms with Crippen molar-refractivity contribution in [2.24, 2.45) is 11.7 Å². The Hall–Kier alpha value is -0.120. The largest absolute Gasteiger partial charge is 0.330 e. The van der Waals surface area contributed by atoms with E-state index >= 15 is 0 Å². The molecule has 0 saturated carbocycles. The molecular formula is C14H29N3. The van der Waals surface area contributed by atoms with Crippen molar-refractivity contribution in [2.45, 2.75) is 51.6 Å². The van der Waals surface area contributed by atoms with Gasteiger partial charge in [0.05, 0.1) is 0 Å². The molecule has 17 heavy (non-hydrogen) atoms. The van der Waals surface area contributed by atoms with Gasteiger partial charge in [-0.25, -0.2) is 0 Å². The Morgan fingerprint density at radius 1 is 1.24 bits per heavy atom. The van der Waals surface area contributed by atoms with Crippen LogP contribution in [0.2, 0.25) is 0 Å². The van der Waals surface area contributed by atoms with E-state index in [4.69, 9.17) is 5.73 Å². The van der Waals surface area contributed by atoms with Crippen LogP contribution in [0.3, 0.4) is 0 Å². The van der Waals surface area contributed by atoms with E-state index in [9.17, 15) is 0 Å². The normalized spacial score (nSPS) is 34.1. The van der Waals surface area contributed by atoms with Gasteiger partial charge in [0.25, 0.3) is 0 Å². The highest BCUT2D eigenvalue weighted by Gasteiger charge is 2.31. The number of nitrogens with zero attached hydrogens (tertiary/aromatic N) is 2. The van der Waals surface area contributed by atoms with E-state index in [-0.39, 0.29) is 0 Å². The molecule has 0 aromatic carbocycles. The fourth-order valence-electron chi connectivity index (χ4n) is 3.33. The summed E-state index contributed by atoms with van der Waals surface area (Å²) in [4.78, 5) is 5.38. The monoisotopic (exact) mass is 239 g/mol. The molecule has 2 aliphatic heterocycles. The van der Waals surface area contributed by atoms with Crippen LogP contribution < -0.4 is 5.73 Å². The summed E-state index contributed by atoms with van der Waals surface area (Å²) in [6.45, 7) is 10.7. The van der Waals surface area contributed by atoms with Crippen LogP contribution in [-0.4, -0.2) is 54.6 Å². The second kappa shape index (κ2) is 6.17. The summed E-state index contributed by atoms with van der Waals surface area (Å²) >= 11 is 0. The molecular weight excluding hydrogens is 210 g/mol. The standard InChI is InChI=1S/C14H29N3/c1-3-12(2)16-7-4-5-14(11-16)17-8-6-13(9-15)10-17/h12-14H,3-11,15H2,1-2H3. The van der Waals surface area contributed by atoms with E-state index in [1.165, 1.54) is 51.9 Å². The number of hydrogen-bond acceptors (Lipinski definition) is 3. The minimum absolute atomic E-state index is 0.755. The fraction of sp³-hybridized carbons (Fsp3) is 1.00. The smallest absolute Gasteiger partial charge is 0.0223 e. The predicted molar refractivity (Wildman–Crippen MR) is 73.1 cm³/mol. The first-order valence-electron chi connectivity index (χ1n) is 7.42. The number of likely N-dealkylation sites (tertiary alicyclic amines) is 2. The van der Waals surface area contributed by atoms with Crippen LogP contribution in [0.5, 0.6) is 0 Å². The Bertz CT molecular complexity index is 232. The van der Waals surface area contributed by atoms with Gasteiger partial charge in [0, 0.05) is 25.2 Å². The molecule has 0 radical (unpaired) electrons. The van der Waals surface area contributed by atoms with Crippen LogP contribution in [0, 0.1) is 5.92 Å². The molecule has 0 amide bonds. The van der Waals surface area contributed by atoms with Gasteiger partial charge in [-0.15, -0.1) is 0 Å². The zero-order valence-corrected chi connectivity index (χ0v) is 11.6. The number of hydrogen-bond donors (Lipinski definition) is 1. The molecule has 2 N–H and O–H groups in total. The minimum Gasteiger partial charge on any atom is -0.330 e. The molecule has 100 valence electrons. The summed E-state index contributed by atoms with van der Waals surface area (Å²) in [7, 11) is 0. The molecule has 2 saturated heterocycles. The van der Waals surface area contributed by atoms with Gasteiger partial charge in [0.15, 0.2) is 0 Å². The van der Waals surface area contributed by atoms with E-state index < -0.39 is 0 Å². The molecule has 3 nitrogen and oxygen atoms in total. The average Bonchev–Trinajstić information content (AvgIpc) is 2.86. The quantitative estimate of drug-likeness (QED) is 0.807. The topological polar surface area (TPSA) is 32.5 Å². The third kappa shape index (κ3) is 3.21. The van der Waals surface area contributed by atoms with Crippen molar-refractivity contribution < 1.29 is 0 Å². The molecule has 0 aliphatic carbocycles. The van der Waals surface area contributed by atoms with Crippen LogP contribution in [-0.2, 0) is 0 Å². The number of nitrogens with two attached hydrogens (primary N) is 1. The van der Waals surface area contributed by atoms with Gasteiger partial charge in [-0.1, -0.05) is 6.92 Å². The summed E-state index contributed by atoms with van der Waals surface area (Å²) in [6.07, 6.45) is 5.36. The number of piperidine rings is 1. The molecule has 3 unspecified atom stereocenters. The van der Waals surface area contributed by atoms with Crippen LogP contribution in [0.4, 0.5) is 0 Å². The van der Waals surface area contributed by atoms with Gasteiger partial charge in [0.2, 0.25) is 0 Å². The zero-order valence-electron chi connectivity index (χ0n) is 11.6. The lowest BCUT2D eigenvalue weighted by Gasteiger charge is -2.40. The molecule has 0 bridgehead atoms. The van der Waals surface area contributed by atoms with E-state index in [0.717, 1.165) is 24.5 Å². The Balaban J connectivity index is 1.85. The minimum atomic E-state index is 0.755. The molecule has 2 rings (SSSR count). The highest BCUT2D eigenvalue weighted by Crippen LogP contribution is 2.24. The van der Waals surface area contributed by atoms with Crippen molar-refractivity contribution >= 4 is 0 Å². The van der Waals surface area contributed by atoms with Gasteiger partial charge < -0.3 is 5.73 Å². The molecule has 3 heteroatoms. The summed E-state index contributed by atoms with van der Waals surface area (Å²) in [6, 6.07) is 1.56. The lowest BCUT2D eigenvalue weighted by Crippen LogP contribution is -2.49. The number of rotatable bonds is 4. The first-order chi connectivity index (χ1) is 8.24. The van der Waals surface area contributed by atoms with E-state index in [1.807, 2.05) is 0 Å². The maximum Gasteiger partial charge on any atom is 0.0223 e. The first-order valence-corrected chi connectivity index (χ1v) is 7.42. The summed E-state index contributed by atoms with van der Waals surface area (Å²) in [5.41, 5.74) is 5.79. The van der Waals surface area contributed by atoms with Crippen molar-refractivity contribution in [1.82, 2.24) is 9.80 Å². The lowest BCUT2D eigenvalue weighted by molar-refractivity contribution is 0.0856. The molecule has 2 heterocycles. The Kier molecular flexibility index (Phi) is 4.83. The Morgan fingerprint density at radius 2 is 2.06 bits per heavy atom. The molecule has 2 aliphatic rings. The predicted octanol–water partition coefficient (Wildman–Crippen LogP) is 1.53. The van der Waals surface area contributed by atoms with Crippen molar-refractivity contribution in [3.8, 4) is 0 Å². The summed E-state index contributed by atoms with van der Waals surface area (Å²) in [5.74, 6) is 0.758.